The first-order valence-corrected chi connectivity index (χ1v) is 6.18. The van der Waals surface area contributed by atoms with Gasteiger partial charge in [0.1, 0.15) is 5.75 Å². The summed E-state index contributed by atoms with van der Waals surface area (Å²) < 4.78 is 5.48. The van der Waals surface area contributed by atoms with Crippen LogP contribution in [0.4, 0.5) is 0 Å². The van der Waals surface area contributed by atoms with Crippen molar-refractivity contribution in [1.29, 1.82) is 0 Å². The molecule has 1 aromatic rings. The maximum absolute atomic E-state index is 11.5. The fourth-order valence-corrected chi connectivity index (χ4v) is 1.62. The molecule has 0 aliphatic heterocycles. The molecule has 100 valence electrons. The van der Waals surface area contributed by atoms with Crippen LogP contribution in [0, 0.1) is 6.92 Å². The van der Waals surface area contributed by atoms with Crippen LogP contribution in [0.25, 0.3) is 0 Å². The molecule has 0 aliphatic rings. The molecule has 0 aliphatic carbocycles. The zero-order chi connectivity index (χ0) is 13.7. The first-order valence-electron chi connectivity index (χ1n) is 6.18. The van der Waals surface area contributed by atoms with Crippen LogP contribution in [0.5, 0.6) is 5.75 Å². The molecule has 4 nitrogen and oxygen atoms in total. The molecule has 0 aromatic heterocycles. The van der Waals surface area contributed by atoms with Crippen LogP contribution in [0.2, 0.25) is 0 Å². The first kappa shape index (κ1) is 14.5. The van der Waals surface area contributed by atoms with Crippen molar-refractivity contribution in [3.05, 3.63) is 29.3 Å². The highest BCUT2D eigenvalue weighted by Gasteiger charge is 2.07. The fraction of sp³-hybridized carbons (Fsp3) is 0.500. The normalized spacial score (nSPS) is 12.3. The van der Waals surface area contributed by atoms with E-state index in [1.165, 1.54) is 0 Å². The lowest BCUT2D eigenvalue weighted by atomic mass is 10.1. The van der Waals surface area contributed by atoms with E-state index in [4.69, 9.17) is 10.5 Å². The average Bonchev–Trinajstić information content (AvgIpc) is 2.26. The lowest BCUT2D eigenvalue weighted by molar-refractivity contribution is -0.123. The van der Waals surface area contributed by atoms with E-state index in [9.17, 15) is 4.79 Å². The van der Waals surface area contributed by atoms with E-state index in [-0.39, 0.29) is 24.6 Å². The van der Waals surface area contributed by atoms with E-state index >= 15 is 0 Å². The summed E-state index contributed by atoms with van der Waals surface area (Å²) >= 11 is 0. The Kier molecular flexibility index (Phi) is 5.16. The number of benzene rings is 1. The van der Waals surface area contributed by atoms with Gasteiger partial charge < -0.3 is 15.8 Å². The van der Waals surface area contributed by atoms with Gasteiger partial charge in [0.25, 0.3) is 5.91 Å². The smallest absolute Gasteiger partial charge is 0.258 e. The fourth-order valence-electron chi connectivity index (χ4n) is 1.62. The first-order chi connectivity index (χ1) is 8.40. The van der Waals surface area contributed by atoms with Crippen molar-refractivity contribution >= 4 is 5.91 Å². The minimum atomic E-state index is -0.110. The molecule has 0 unspecified atom stereocenters. The van der Waals surface area contributed by atoms with Gasteiger partial charge in [-0.3, -0.25) is 4.79 Å². The zero-order valence-corrected chi connectivity index (χ0v) is 11.5. The molecule has 0 saturated carbocycles. The van der Waals surface area contributed by atoms with Crippen LogP contribution < -0.4 is 15.8 Å². The van der Waals surface area contributed by atoms with Gasteiger partial charge in [-0.2, -0.15) is 0 Å². The Labute approximate surface area is 109 Å². The van der Waals surface area contributed by atoms with Crippen LogP contribution in [-0.2, 0) is 4.79 Å². The summed E-state index contributed by atoms with van der Waals surface area (Å²) in [5.41, 5.74) is 7.85. The Hall–Kier alpha value is -1.55. The van der Waals surface area contributed by atoms with Crippen molar-refractivity contribution in [1.82, 2.24) is 5.32 Å². The predicted molar refractivity (Wildman–Crippen MR) is 72.6 cm³/mol. The standard InChI is InChI=1S/C14H22N2O2/c1-9(2)16-14(17)8-18-13-6-5-12(11(4)15)7-10(13)3/h5-7,9,11H,8,15H2,1-4H3,(H,16,17)/t11-/m1/s1. The number of rotatable bonds is 5. The third-order valence-electron chi connectivity index (χ3n) is 2.53. The Morgan fingerprint density at radius 1 is 1.39 bits per heavy atom. The molecule has 0 bridgehead atoms. The maximum Gasteiger partial charge on any atom is 0.258 e. The summed E-state index contributed by atoms with van der Waals surface area (Å²) in [6.07, 6.45) is 0. The number of carbonyl (C=O) groups excluding carboxylic acids is 1. The number of hydrogen-bond acceptors (Lipinski definition) is 3. The topological polar surface area (TPSA) is 64.3 Å². The van der Waals surface area contributed by atoms with Crippen LogP contribution in [0.15, 0.2) is 18.2 Å². The monoisotopic (exact) mass is 250 g/mol. The second-order valence-electron chi connectivity index (χ2n) is 4.82. The SMILES string of the molecule is Cc1cc([C@@H](C)N)ccc1OCC(=O)NC(C)C. The highest BCUT2D eigenvalue weighted by molar-refractivity contribution is 5.77. The number of aryl methyl sites for hydroxylation is 1. The van der Waals surface area contributed by atoms with Crippen molar-refractivity contribution < 1.29 is 9.53 Å². The molecule has 0 fully saturated rings. The summed E-state index contributed by atoms with van der Waals surface area (Å²) in [6, 6.07) is 5.90. The van der Waals surface area contributed by atoms with Crippen LogP contribution in [0.3, 0.4) is 0 Å². The molecular formula is C14H22N2O2. The molecule has 0 saturated heterocycles. The summed E-state index contributed by atoms with van der Waals surface area (Å²) in [6.45, 7) is 7.75. The highest BCUT2D eigenvalue weighted by atomic mass is 16.5. The Morgan fingerprint density at radius 2 is 2.06 bits per heavy atom. The summed E-state index contributed by atoms with van der Waals surface area (Å²) in [5, 5.41) is 2.78. The van der Waals surface area contributed by atoms with Crippen LogP contribution in [0.1, 0.15) is 37.9 Å². The molecule has 1 atom stereocenters. The molecule has 0 spiro atoms. The van der Waals surface area contributed by atoms with Gasteiger partial charge in [-0.05, 0) is 44.9 Å². The largest absolute Gasteiger partial charge is 0.484 e. The van der Waals surface area contributed by atoms with Gasteiger partial charge in [-0.25, -0.2) is 0 Å². The minimum Gasteiger partial charge on any atom is -0.484 e. The Bertz CT molecular complexity index is 414. The van der Waals surface area contributed by atoms with Crippen molar-refractivity contribution in [2.24, 2.45) is 5.73 Å². The summed E-state index contributed by atoms with van der Waals surface area (Å²) in [7, 11) is 0. The van der Waals surface area contributed by atoms with E-state index in [1.807, 2.05) is 45.9 Å². The molecule has 0 radical (unpaired) electrons. The molecule has 1 aromatic carbocycles. The van der Waals surface area contributed by atoms with Gasteiger partial charge in [0.2, 0.25) is 0 Å². The number of nitrogens with one attached hydrogen (secondary N) is 1. The number of amides is 1. The molecule has 1 rings (SSSR count). The molecule has 18 heavy (non-hydrogen) atoms. The lowest BCUT2D eigenvalue weighted by Gasteiger charge is -2.13. The number of hydrogen-bond donors (Lipinski definition) is 2. The molecule has 4 heteroatoms. The van der Waals surface area contributed by atoms with Gasteiger partial charge in [-0.1, -0.05) is 12.1 Å². The van der Waals surface area contributed by atoms with E-state index in [2.05, 4.69) is 5.32 Å². The zero-order valence-electron chi connectivity index (χ0n) is 11.5. The van der Waals surface area contributed by atoms with Gasteiger partial charge in [0, 0.05) is 12.1 Å². The lowest BCUT2D eigenvalue weighted by Crippen LogP contribution is -2.34. The quantitative estimate of drug-likeness (QED) is 0.839. The number of nitrogens with two attached hydrogens (primary N) is 1. The Balaban J connectivity index is 2.60. The molecule has 3 N–H and O–H groups in total. The second kappa shape index (κ2) is 6.40. The predicted octanol–water partition coefficient (Wildman–Crippen LogP) is 1.92. The van der Waals surface area contributed by atoms with E-state index < -0.39 is 0 Å². The van der Waals surface area contributed by atoms with E-state index in [1.54, 1.807) is 0 Å². The van der Waals surface area contributed by atoms with Gasteiger partial charge >= 0.3 is 0 Å². The molecule has 0 heterocycles. The van der Waals surface area contributed by atoms with Crippen molar-refractivity contribution in [2.45, 2.75) is 39.8 Å². The second-order valence-corrected chi connectivity index (χ2v) is 4.82. The summed E-state index contributed by atoms with van der Waals surface area (Å²) in [5.74, 6) is 0.610. The van der Waals surface area contributed by atoms with Crippen LogP contribution in [-0.4, -0.2) is 18.6 Å². The maximum atomic E-state index is 11.5. The van der Waals surface area contributed by atoms with Crippen molar-refractivity contribution in [3.63, 3.8) is 0 Å². The summed E-state index contributed by atoms with van der Waals surface area (Å²) in [4.78, 5) is 11.5. The van der Waals surface area contributed by atoms with Gasteiger partial charge in [0.05, 0.1) is 0 Å². The molecular weight excluding hydrogens is 228 g/mol. The third-order valence-corrected chi connectivity index (χ3v) is 2.53. The third kappa shape index (κ3) is 4.37. The van der Waals surface area contributed by atoms with Crippen LogP contribution >= 0.6 is 0 Å². The van der Waals surface area contributed by atoms with Crippen molar-refractivity contribution in [3.8, 4) is 5.75 Å². The number of carbonyl (C=O) groups is 1. The van der Waals surface area contributed by atoms with E-state index in [0.29, 0.717) is 0 Å². The molecule has 1 amide bonds. The van der Waals surface area contributed by atoms with Crippen molar-refractivity contribution in [2.75, 3.05) is 6.61 Å². The van der Waals surface area contributed by atoms with E-state index in [0.717, 1.165) is 16.9 Å². The highest BCUT2D eigenvalue weighted by Crippen LogP contribution is 2.21. The average molecular weight is 250 g/mol. The minimum absolute atomic E-state index is 0.00184. The van der Waals surface area contributed by atoms with Gasteiger partial charge in [-0.15, -0.1) is 0 Å². The van der Waals surface area contributed by atoms with Gasteiger partial charge in [0.15, 0.2) is 6.61 Å². The number of ether oxygens (including phenoxy) is 1. The Morgan fingerprint density at radius 3 is 2.56 bits per heavy atom.